The predicted molar refractivity (Wildman–Crippen MR) is 270 cm³/mol. The molecule has 4 aliphatic rings. The second-order valence-electron chi connectivity index (χ2n) is 18.5. The van der Waals surface area contributed by atoms with Gasteiger partial charge in [-0.15, -0.1) is 0 Å². The number of piperidine rings is 2. The summed E-state index contributed by atoms with van der Waals surface area (Å²) >= 11 is 3.61. The number of hydrogen-bond acceptors (Lipinski definition) is 14. The van der Waals surface area contributed by atoms with Crippen LogP contribution in [0.2, 0.25) is 0 Å². The first-order chi connectivity index (χ1) is 32.8. The van der Waals surface area contributed by atoms with Gasteiger partial charge >= 0.3 is 0 Å². The fraction of sp³-hybridized carbons (Fsp3) is 0.408. The molecular formula is C49H56BrN12O5P. The van der Waals surface area contributed by atoms with E-state index in [1.165, 1.54) is 11.3 Å². The highest BCUT2D eigenvalue weighted by Crippen LogP contribution is 2.42. The van der Waals surface area contributed by atoms with Gasteiger partial charge in [-0.1, -0.05) is 25.1 Å². The summed E-state index contributed by atoms with van der Waals surface area (Å²) in [5.74, 6) is 1.23. The molecule has 0 aliphatic carbocycles. The van der Waals surface area contributed by atoms with Crippen molar-refractivity contribution >= 4 is 102 Å². The molecule has 7 heterocycles. The molecule has 1 unspecified atom stereocenters. The van der Waals surface area contributed by atoms with Crippen molar-refractivity contribution in [2.24, 2.45) is 5.92 Å². The maximum atomic E-state index is 13.7. The van der Waals surface area contributed by atoms with Gasteiger partial charge in [0.1, 0.15) is 24.8 Å². The lowest BCUT2D eigenvalue weighted by Crippen LogP contribution is -2.59. The van der Waals surface area contributed by atoms with Crippen molar-refractivity contribution in [3.05, 3.63) is 83.2 Å². The van der Waals surface area contributed by atoms with E-state index in [1.54, 1.807) is 43.7 Å². The van der Waals surface area contributed by atoms with Crippen LogP contribution in [0.25, 0.3) is 21.8 Å². The first-order valence-corrected chi connectivity index (χ1v) is 26.8. The van der Waals surface area contributed by atoms with E-state index in [-0.39, 0.29) is 23.6 Å². The van der Waals surface area contributed by atoms with Gasteiger partial charge in [-0.2, -0.15) is 10.1 Å². The fourth-order valence-corrected chi connectivity index (χ4v) is 12.1. The lowest BCUT2D eigenvalue weighted by molar-refractivity contribution is -0.138. The third-order valence-corrected chi connectivity index (χ3v) is 16.1. The Morgan fingerprint density at radius 1 is 0.897 bits per heavy atom. The average molecular weight is 1000 g/mol. The predicted octanol–water partition coefficient (Wildman–Crippen LogP) is 6.67. The Morgan fingerprint density at radius 3 is 2.41 bits per heavy atom. The largest absolute Gasteiger partial charge is 0.494 e. The molecule has 3 N–H and O–H groups in total. The monoisotopic (exact) mass is 1000 g/mol. The van der Waals surface area contributed by atoms with Crippen molar-refractivity contribution < 1.29 is 23.7 Å². The molecule has 19 heteroatoms. The van der Waals surface area contributed by atoms with Gasteiger partial charge in [0, 0.05) is 105 Å². The normalized spacial score (nSPS) is 18.8. The quantitative estimate of drug-likeness (QED) is 0.0873. The molecule has 1 atom stereocenters. The van der Waals surface area contributed by atoms with Crippen molar-refractivity contribution in [3.8, 4) is 5.75 Å². The Morgan fingerprint density at radius 2 is 1.68 bits per heavy atom. The number of hydrogen-bond donors (Lipinski definition) is 3. The van der Waals surface area contributed by atoms with Crippen LogP contribution in [0, 0.1) is 5.92 Å². The van der Waals surface area contributed by atoms with Gasteiger partial charge < -0.3 is 34.6 Å². The van der Waals surface area contributed by atoms with E-state index >= 15 is 0 Å². The summed E-state index contributed by atoms with van der Waals surface area (Å²) < 4.78 is 21.9. The number of carbonyl (C=O) groups is 3. The minimum absolute atomic E-state index is 0.0265. The molecular weight excluding hydrogens is 947 g/mol. The van der Waals surface area contributed by atoms with Crippen molar-refractivity contribution in [1.82, 2.24) is 39.8 Å². The van der Waals surface area contributed by atoms with Crippen LogP contribution in [0.1, 0.15) is 44.2 Å². The van der Waals surface area contributed by atoms with E-state index < -0.39 is 13.2 Å². The van der Waals surface area contributed by atoms with Crippen LogP contribution in [-0.4, -0.2) is 131 Å². The first kappa shape index (κ1) is 45.7. The Bertz CT molecular complexity index is 2980. The molecule has 0 saturated carbocycles. The fourth-order valence-electron chi connectivity index (χ4n) is 10.3. The zero-order valence-electron chi connectivity index (χ0n) is 38.7. The van der Waals surface area contributed by atoms with E-state index in [0.29, 0.717) is 59.6 Å². The van der Waals surface area contributed by atoms with Crippen LogP contribution in [0.4, 0.5) is 34.5 Å². The Kier molecular flexibility index (Phi) is 12.6. The number of carbonyl (C=O) groups excluding carboxylic acids is 3. The van der Waals surface area contributed by atoms with Crippen LogP contribution in [0.5, 0.6) is 5.75 Å². The number of nitrogens with one attached hydrogen (secondary N) is 3. The summed E-state index contributed by atoms with van der Waals surface area (Å²) in [6.45, 7) is 12.1. The van der Waals surface area contributed by atoms with E-state index in [1.807, 2.05) is 36.4 Å². The molecule has 0 spiro atoms. The van der Waals surface area contributed by atoms with Crippen molar-refractivity contribution in [2.75, 3.05) is 93.2 Å². The number of piperazine rings is 1. The molecule has 6 aromatic rings. The molecule has 4 saturated heterocycles. The highest BCUT2D eigenvalue weighted by molar-refractivity contribution is 9.10. The number of benzene rings is 3. The molecule has 10 rings (SSSR count). The minimum atomic E-state index is -2.72. The van der Waals surface area contributed by atoms with Crippen molar-refractivity contribution in [1.29, 1.82) is 0 Å². The van der Waals surface area contributed by atoms with E-state index in [9.17, 15) is 18.9 Å². The molecule has 3 amide bonds. The molecule has 0 radical (unpaired) electrons. The molecule has 3 aromatic carbocycles. The molecule has 0 bridgehead atoms. The zero-order valence-corrected chi connectivity index (χ0v) is 41.2. The van der Waals surface area contributed by atoms with Gasteiger partial charge in [0.15, 0.2) is 0 Å². The number of nitrogens with zero attached hydrogens (tertiary/aromatic N) is 9. The molecule has 17 nitrogen and oxygen atoms in total. The summed E-state index contributed by atoms with van der Waals surface area (Å²) in [7, 11) is -1.04. The number of ether oxygens (including phenoxy) is 1. The summed E-state index contributed by atoms with van der Waals surface area (Å²) in [6.07, 6.45) is 8.80. The third kappa shape index (κ3) is 9.01. The maximum absolute atomic E-state index is 13.7. The number of rotatable bonds is 12. The number of aryl methyl sites for hydroxylation is 1. The molecule has 4 fully saturated rings. The number of para-hydroxylation sites is 1. The lowest BCUT2D eigenvalue weighted by atomic mass is 9.96. The number of methoxy groups -OCH3 is 1. The SMILES string of the molecule is CCc1cc(Nc2ncc(Br)c(Nc3cnc4ccccc4c3P(C)(C)=O)n2)c(OC)cc1N1CCC(N2CCN(C(=O)C3CN(c4ccc5c(cnn5C5CCC(=O)NC5=O)c4)C3)CC2)CC1. The van der Waals surface area contributed by atoms with Crippen molar-refractivity contribution in [2.45, 2.75) is 51.1 Å². The van der Waals surface area contributed by atoms with Crippen LogP contribution in [-0.2, 0) is 25.4 Å². The van der Waals surface area contributed by atoms with Gasteiger partial charge in [0.05, 0.1) is 52.3 Å². The zero-order chi connectivity index (χ0) is 47.3. The van der Waals surface area contributed by atoms with E-state index in [2.05, 4.69) is 91.7 Å². The summed E-state index contributed by atoms with van der Waals surface area (Å²) in [5.41, 5.74) is 6.42. The number of imide groups is 1. The van der Waals surface area contributed by atoms with Crippen LogP contribution in [0.15, 0.2) is 77.7 Å². The minimum Gasteiger partial charge on any atom is -0.494 e. The second-order valence-corrected chi connectivity index (χ2v) is 22.5. The van der Waals surface area contributed by atoms with Crippen molar-refractivity contribution in [3.63, 3.8) is 0 Å². The maximum Gasteiger partial charge on any atom is 0.251 e. The van der Waals surface area contributed by atoms with Gasteiger partial charge in [-0.25, -0.2) is 4.98 Å². The van der Waals surface area contributed by atoms with Crippen LogP contribution >= 0.6 is 23.1 Å². The first-order valence-electron chi connectivity index (χ1n) is 23.4. The van der Waals surface area contributed by atoms with Gasteiger partial charge in [0.2, 0.25) is 17.8 Å². The topological polar surface area (TPSA) is 183 Å². The Balaban J connectivity index is 0.727. The summed E-state index contributed by atoms with van der Waals surface area (Å²) in [4.78, 5) is 61.1. The number of halogens is 1. The highest BCUT2D eigenvalue weighted by Gasteiger charge is 2.38. The number of anilines is 6. The Hall–Kier alpha value is -6.10. The average Bonchev–Trinajstić information content (AvgIpc) is 3.74. The Labute approximate surface area is 403 Å². The van der Waals surface area contributed by atoms with Crippen LogP contribution in [0.3, 0.4) is 0 Å². The second kappa shape index (κ2) is 18.8. The molecule has 4 aliphatic heterocycles. The van der Waals surface area contributed by atoms with Gasteiger partial charge in [-0.05, 0) is 90.8 Å². The van der Waals surface area contributed by atoms with E-state index in [4.69, 9.17) is 9.72 Å². The molecule has 3 aromatic heterocycles. The third-order valence-electron chi connectivity index (χ3n) is 13.9. The molecule has 354 valence electrons. The number of fused-ring (bicyclic) bond motifs is 2. The standard InChI is InChI=1S/C49H56BrN12O5P/c1-5-30-23-38(55-49-52-26-36(50)46(57-49)54-39-27-51-37-9-7-6-8-35(37)45(39)68(3,4)66)43(67-2)24-42(30)59-16-14-33(15-17-59)58-18-20-60(21-19-58)48(65)32-28-61(29-32)34-10-11-40-31(22-34)25-53-62(40)41-12-13-44(63)56-47(41)64/h6-11,22-27,32-33,41H,5,12-21,28-29H2,1-4H3,(H,56,63,64)(H2,52,54,55,57). The van der Waals surface area contributed by atoms with E-state index in [0.717, 1.165) is 97.0 Å². The highest BCUT2D eigenvalue weighted by atomic mass is 79.9. The van der Waals surface area contributed by atoms with Crippen LogP contribution < -0.4 is 35.8 Å². The van der Waals surface area contributed by atoms with Gasteiger partial charge in [-0.3, -0.25) is 34.3 Å². The smallest absolute Gasteiger partial charge is 0.251 e. The number of amides is 3. The lowest BCUT2D eigenvalue weighted by Gasteiger charge is -2.46. The number of aromatic nitrogens is 5. The summed E-state index contributed by atoms with van der Waals surface area (Å²) in [5, 5.41) is 16.2. The number of pyridine rings is 1. The van der Waals surface area contributed by atoms with Gasteiger partial charge in [0.25, 0.3) is 5.91 Å². The molecule has 68 heavy (non-hydrogen) atoms. The summed E-state index contributed by atoms with van der Waals surface area (Å²) in [6, 6.07) is 18.0.